The van der Waals surface area contributed by atoms with Crippen molar-refractivity contribution >= 4 is 0 Å². The number of nitrogens with one attached hydrogen (secondary N) is 1. The summed E-state index contributed by atoms with van der Waals surface area (Å²) in [5, 5.41) is 3.75. The molecule has 1 saturated carbocycles. The summed E-state index contributed by atoms with van der Waals surface area (Å²) in [7, 11) is 0. The van der Waals surface area contributed by atoms with Gasteiger partial charge in [0.2, 0.25) is 0 Å². The maximum atomic E-state index is 3.75. The van der Waals surface area contributed by atoms with Crippen LogP contribution in [0.4, 0.5) is 0 Å². The monoisotopic (exact) mass is 238 g/mol. The van der Waals surface area contributed by atoms with E-state index in [1.807, 2.05) is 0 Å². The Morgan fingerprint density at radius 1 is 1.12 bits per heavy atom. The highest BCUT2D eigenvalue weighted by molar-refractivity contribution is 4.76. The molecule has 0 aromatic heterocycles. The summed E-state index contributed by atoms with van der Waals surface area (Å²) in [6.45, 7) is 9.91. The third kappa shape index (κ3) is 4.59. The molecule has 1 atom stereocenters. The summed E-state index contributed by atoms with van der Waals surface area (Å²) in [5.41, 5.74) is 0. The number of hydrogen-bond acceptors (Lipinski definition) is 2. The molecule has 0 aromatic rings. The van der Waals surface area contributed by atoms with Gasteiger partial charge in [0.15, 0.2) is 0 Å². The van der Waals surface area contributed by atoms with E-state index in [0.29, 0.717) is 6.04 Å². The number of likely N-dealkylation sites (tertiary alicyclic amines) is 1. The van der Waals surface area contributed by atoms with Crippen LogP contribution in [0.3, 0.4) is 0 Å². The Morgan fingerprint density at radius 3 is 2.41 bits per heavy atom. The Kier molecular flexibility index (Phi) is 5.30. The molecule has 0 spiro atoms. The van der Waals surface area contributed by atoms with E-state index >= 15 is 0 Å². The molecule has 0 aromatic carbocycles. The van der Waals surface area contributed by atoms with Gasteiger partial charge >= 0.3 is 0 Å². The Hall–Kier alpha value is -0.0800. The van der Waals surface area contributed by atoms with Crippen molar-refractivity contribution in [2.45, 2.75) is 58.4 Å². The van der Waals surface area contributed by atoms with Crippen molar-refractivity contribution in [2.24, 2.45) is 11.8 Å². The zero-order valence-electron chi connectivity index (χ0n) is 11.8. The summed E-state index contributed by atoms with van der Waals surface area (Å²) in [5.74, 6) is 1.93. The molecule has 2 nitrogen and oxygen atoms in total. The highest BCUT2D eigenvalue weighted by Gasteiger charge is 2.19. The van der Waals surface area contributed by atoms with E-state index in [1.54, 1.807) is 0 Å². The van der Waals surface area contributed by atoms with Gasteiger partial charge < -0.3 is 10.2 Å². The molecular weight excluding hydrogens is 208 g/mol. The minimum Gasteiger partial charge on any atom is -0.313 e. The highest BCUT2D eigenvalue weighted by Crippen LogP contribution is 2.27. The predicted molar refractivity (Wildman–Crippen MR) is 74.3 cm³/mol. The minimum atomic E-state index is 0.674. The molecule has 17 heavy (non-hydrogen) atoms. The second-order valence-corrected chi connectivity index (χ2v) is 6.44. The lowest BCUT2D eigenvalue weighted by Gasteiger charge is -2.28. The third-order valence-electron chi connectivity index (χ3n) is 4.62. The van der Waals surface area contributed by atoms with Crippen molar-refractivity contribution in [3.63, 3.8) is 0 Å². The fraction of sp³-hybridized carbons (Fsp3) is 1.00. The first-order valence-corrected chi connectivity index (χ1v) is 7.70. The summed E-state index contributed by atoms with van der Waals surface area (Å²) in [4.78, 5) is 2.61. The largest absolute Gasteiger partial charge is 0.313 e. The molecule has 1 aliphatic carbocycles. The van der Waals surface area contributed by atoms with E-state index in [1.165, 1.54) is 64.7 Å². The van der Waals surface area contributed by atoms with Gasteiger partial charge in [-0.2, -0.15) is 0 Å². The Balaban J connectivity index is 1.57. The zero-order valence-corrected chi connectivity index (χ0v) is 11.8. The molecule has 0 radical (unpaired) electrons. The number of rotatable bonds is 5. The second kappa shape index (κ2) is 6.75. The van der Waals surface area contributed by atoms with Crippen molar-refractivity contribution in [3.8, 4) is 0 Å². The van der Waals surface area contributed by atoms with E-state index in [-0.39, 0.29) is 0 Å². The van der Waals surface area contributed by atoms with Gasteiger partial charge in [-0.3, -0.25) is 0 Å². The SMILES string of the molecule is CC1CCC(CNC(C)CN2CCCC2)CC1. The van der Waals surface area contributed by atoms with E-state index in [2.05, 4.69) is 24.1 Å². The molecule has 1 saturated heterocycles. The number of nitrogens with zero attached hydrogens (tertiary/aromatic N) is 1. The lowest BCUT2D eigenvalue weighted by atomic mass is 9.83. The molecule has 100 valence electrons. The topological polar surface area (TPSA) is 15.3 Å². The van der Waals surface area contributed by atoms with Gasteiger partial charge in [-0.1, -0.05) is 19.8 Å². The predicted octanol–water partition coefficient (Wildman–Crippen LogP) is 2.89. The van der Waals surface area contributed by atoms with Crippen LogP contribution in [0, 0.1) is 11.8 Å². The van der Waals surface area contributed by atoms with Crippen LogP contribution in [-0.4, -0.2) is 37.1 Å². The van der Waals surface area contributed by atoms with Crippen LogP contribution in [0.25, 0.3) is 0 Å². The first-order valence-electron chi connectivity index (χ1n) is 7.70. The van der Waals surface area contributed by atoms with Gasteiger partial charge in [0.05, 0.1) is 0 Å². The van der Waals surface area contributed by atoms with Crippen molar-refractivity contribution in [1.82, 2.24) is 10.2 Å². The maximum absolute atomic E-state index is 3.75. The highest BCUT2D eigenvalue weighted by atomic mass is 15.2. The van der Waals surface area contributed by atoms with Crippen molar-refractivity contribution in [2.75, 3.05) is 26.2 Å². The molecule has 2 fully saturated rings. The zero-order chi connectivity index (χ0) is 12.1. The lowest BCUT2D eigenvalue weighted by molar-refractivity contribution is 0.255. The maximum Gasteiger partial charge on any atom is 0.0166 e. The van der Waals surface area contributed by atoms with Gasteiger partial charge in [-0.15, -0.1) is 0 Å². The number of hydrogen-bond donors (Lipinski definition) is 1. The van der Waals surface area contributed by atoms with E-state index in [0.717, 1.165) is 11.8 Å². The molecule has 2 aliphatic rings. The summed E-state index contributed by atoms with van der Waals surface area (Å²) in [6.07, 6.45) is 8.62. The molecule has 0 bridgehead atoms. The average Bonchev–Trinajstić information content (AvgIpc) is 2.81. The van der Waals surface area contributed by atoms with Crippen molar-refractivity contribution in [1.29, 1.82) is 0 Å². The smallest absolute Gasteiger partial charge is 0.0166 e. The van der Waals surface area contributed by atoms with Crippen LogP contribution in [0.15, 0.2) is 0 Å². The van der Waals surface area contributed by atoms with Gasteiger partial charge in [-0.25, -0.2) is 0 Å². The van der Waals surface area contributed by atoms with Crippen LogP contribution in [0.1, 0.15) is 52.4 Å². The molecule has 2 heteroatoms. The van der Waals surface area contributed by atoms with Crippen molar-refractivity contribution < 1.29 is 0 Å². The molecular formula is C15H30N2. The van der Waals surface area contributed by atoms with Crippen LogP contribution < -0.4 is 5.32 Å². The normalized spacial score (nSPS) is 32.8. The van der Waals surface area contributed by atoms with Crippen LogP contribution in [-0.2, 0) is 0 Å². The second-order valence-electron chi connectivity index (χ2n) is 6.44. The molecule has 1 N–H and O–H groups in total. The van der Waals surface area contributed by atoms with E-state index in [9.17, 15) is 0 Å². The fourth-order valence-electron chi connectivity index (χ4n) is 3.32. The van der Waals surface area contributed by atoms with Crippen LogP contribution >= 0.6 is 0 Å². The average molecular weight is 238 g/mol. The summed E-state index contributed by atoms with van der Waals surface area (Å²) >= 11 is 0. The Labute approximate surface area is 107 Å². The van der Waals surface area contributed by atoms with Crippen LogP contribution in [0.2, 0.25) is 0 Å². The third-order valence-corrected chi connectivity index (χ3v) is 4.62. The fourth-order valence-corrected chi connectivity index (χ4v) is 3.32. The molecule has 1 heterocycles. The Morgan fingerprint density at radius 2 is 1.76 bits per heavy atom. The Bertz CT molecular complexity index is 203. The first-order chi connectivity index (χ1) is 8.24. The van der Waals surface area contributed by atoms with Gasteiger partial charge in [0, 0.05) is 12.6 Å². The minimum absolute atomic E-state index is 0.674. The van der Waals surface area contributed by atoms with Gasteiger partial charge in [-0.05, 0) is 64.1 Å². The van der Waals surface area contributed by atoms with Crippen molar-refractivity contribution in [3.05, 3.63) is 0 Å². The standard InChI is InChI=1S/C15H30N2/c1-13-5-7-15(8-6-13)11-16-14(2)12-17-9-3-4-10-17/h13-16H,3-12H2,1-2H3. The molecule has 0 amide bonds. The van der Waals surface area contributed by atoms with E-state index in [4.69, 9.17) is 0 Å². The molecule has 1 unspecified atom stereocenters. The molecule has 1 aliphatic heterocycles. The molecule has 2 rings (SSSR count). The first kappa shape index (κ1) is 13.4. The lowest BCUT2D eigenvalue weighted by Crippen LogP contribution is -2.40. The van der Waals surface area contributed by atoms with Crippen LogP contribution in [0.5, 0.6) is 0 Å². The quantitative estimate of drug-likeness (QED) is 0.792. The van der Waals surface area contributed by atoms with Gasteiger partial charge in [0.1, 0.15) is 0 Å². The summed E-state index contributed by atoms with van der Waals surface area (Å²) < 4.78 is 0. The van der Waals surface area contributed by atoms with E-state index < -0.39 is 0 Å². The van der Waals surface area contributed by atoms with Gasteiger partial charge in [0.25, 0.3) is 0 Å². The summed E-state index contributed by atoms with van der Waals surface area (Å²) in [6, 6.07) is 0.674.